The number of likely N-dealkylation sites (tertiary alicyclic amines) is 1. The number of hydrogen-bond acceptors (Lipinski definition) is 5. The third-order valence-corrected chi connectivity index (χ3v) is 4.89. The first kappa shape index (κ1) is 15.8. The molecular weight excluding hydrogens is 304 g/mol. The van der Waals surface area contributed by atoms with E-state index in [9.17, 15) is 0 Å². The monoisotopic (exact) mass is 328 g/mol. The van der Waals surface area contributed by atoms with E-state index >= 15 is 0 Å². The first-order valence-corrected chi connectivity index (χ1v) is 8.79. The molecule has 5 heteroatoms. The number of nitrogens with zero attached hydrogens (tertiary/aromatic N) is 2. The van der Waals surface area contributed by atoms with Crippen molar-refractivity contribution in [2.45, 2.75) is 45.1 Å². The van der Waals surface area contributed by atoms with Crippen LogP contribution in [0, 0.1) is 6.92 Å². The van der Waals surface area contributed by atoms with Crippen molar-refractivity contribution < 1.29 is 14.0 Å². The van der Waals surface area contributed by atoms with Gasteiger partial charge in [0.25, 0.3) is 0 Å². The fourth-order valence-corrected chi connectivity index (χ4v) is 3.57. The van der Waals surface area contributed by atoms with Gasteiger partial charge in [0.15, 0.2) is 12.1 Å². The number of aromatic nitrogens is 1. The van der Waals surface area contributed by atoms with E-state index in [0.717, 1.165) is 36.5 Å². The lowest BCUT2D eigenvalue weighted by molar-refractivity contribution is -0.112. The van der Waals surface area contributed by atoms with E-state index in [0.29, 0.717) is 19.3 Å². The lowest BCUT2D eigenvalue weighted by Crippen LogP contribution is -2.46. The van der Waals surface area contributed by atoms with Crippen molar-refractivity contribution in [3.8, 4) is 11.3 Å². The van der Waals surface area contributed by atoms with Crippen LogP contribution in [0.4, 0.5) is 0 Å². The Kier molecular flexibility index (Phi) is 4.65. The molecule has 0 amide bonds. The van der Waals surface area contributed by atoms with Crippen LogP contribution in [0.25, 0.3) is 11.3 Å². The van der Waals surface area contributed by atoms with Gasteiger partial charge in [0.2, 0.25) is 0 Å². The number of piperidine rings is 1. The van der Waals surface area contributed by atoms with Crippen molar-refractivity contribution in [2.24, 2.45) is 0 Å². The van der Waals surface area contributed by atoms with Crippen LogP contribution in [0.3, 0.4) is 0 Å². The molecule has 2 aliphatic heterocycles. The zero-order valence-corrected chi connectivity index (χ0v) is 14.1. The Morgan fingerprint density at radius 3 is 2.71 bits per heavy atom. The molecule has 4 rings (SSSR count). The second-order valence-corrected chi connectivity index (χ2v) is 6.69. The number of ether oxygens (including phenoxy) is 2. The summed E-state index contributed by atoms with van der Waals surface area (Å²) in [5.74, 6) is 0.899. The first-order valence-electron chi connectivity index (χ1n) is 8.79. The number of hydrogen-bond donors (Lipinski definition) is 0. The third-order valence-electron chi connectivity index (χ3n) is 4.89. The van der Waals surface area contributed by atoms with Gasteiger partial charge in [-0.15, -0.1) is 0 Å². The summed E-state index contributed by atoms with van der Waals surface area (Å²) < 4.78 is 17.1. The molecule has 0 bridgehead atoms. The molecule has 2 aliphatic rings. The molecule has 5 nitrogen and oxygen atoms in total. The van der Waals surface area contributed by atoms with Crippen LogP contribution >= 0.6 is 0 Å². The largest absolute Gasteiger partial charge is 0.359 e. The predicted molar refractivity (Wildman–Crippen MR) is 90.4 cm³/mol. The smallest absolute Gasteiger partial charge is 0.173 e. The van der Waals surface area contributed by atoms with E-state index in [-0.39, 0.29) is 6.29 Å². The molecular formula is C19H24N2O3. The van der Waals surface area contributed by atoms with E-state index in [1.165, 1.54) is 18.4 Å². The topological polar surface area (TPSA) is 47.7 Å². The van der Waals surface area contributed by atoms with E-state index < -0.39 is 0 Å². The highest BCUT2D eigenvalue weighted by Gasteiger charge is 2.34. The molecule has 3 heterocycles. The van der Waals surface area contributed by atoms with E-state index in [4.69, 9.17) is 14.0 Å². The second kappa shape index (κ2) is 7.05. The summed E-state index contributed by atoms with van der Waals surface area (Å²) >= 11 is 0. The molecule has 24 heavy (non-hydrogen) atoms. The van der Waals surface area contributed by atoms with E-state index in [2.05, 4.69) is 41.2 Å². The number of benzene rings is 1. The Morgan fingerprint density at radius 1 is 1.12 bits per heavy atom. The first-order chi connectivity index (χ1) is 11.8. The summed E-state index contributed by atoms with van der Waals surface area (Å²) in [6.07, 6.45) is 3.46. The van der Waals surface area contributed by atoms with Crippen LogP contribution in [0.1, 0.15) is 30.6 Å². The van der Waals surface area contributed by atoms with Crippen molar-refractivity contribution in [3.63, 3.8) is 0 Å². The standard InChI is InChI=1S/C19H24N2O3/c1-14-5-7-15(8-6-14)17-12-16(24-20-17)13-21-9-3-2-4-18(21)19-22-10-11-23-19/h5-8,12,18-19H,2-4,9-11,13H2,1H3. The molecule has 1 atom stereocenters. The summed E-state index contributed by atoms with van der Waals surface area (Å²) in [5, 5.41) is 4.24. The Hall–Kier alpha value is -1.69. The van der Waals surface area contributed by atoms with Gasteiger partial charge in [0.05, 0.1) is 25.8 Å². The summed E-state index contributed by atoms with van der Waals surface area (Å²) in [6, 6.07) is 10.7. The Bertz CT molecular complexity index is 662. The molecule has 0 spiro atoms. The third kappa shape index (κ3) is 3.38. The molecule has 0 N–H and O–H groups in total. The molecule has 2 aromatic rings. The van der Waals surface area contributed by atoms with Gasteiger partial charge in [-0.1, -0.05) is 41.4 Å². The van der Waals surface area contributed by atoms with Crippen LogP contribution in [0.2, 0.25) is 0 Å². The number of aryl methyl sites for hydroxylation is 1. The van der Waals surface area contributed by atoms with Gasteiger partial charge in [-0.05, 0) is 26.3 Å². The molecule has 2 fully saturated rings. The summed E-state index contributed by atoms with van der Waals surface area (Å²) in [6.45, 7) is 5.30. The van der Waals surface area contributed by atoms with Crippen LogP contribution in [0.5, 0.6) is 0 Å². The molecule has 1 aromatic heterocycles. The number of rotatable bonds is 4. The van der Waals surface area contributed by atoms with Crippen molar-refractivity contribution in [2.75, 3.05) is 19.8 Å². The lowest BCUT2D eigenvalue weighted by Gasteiger charge is -2.37. The minimum Gasteiger partial charge on any atom is -0.359 e. The zero-order chi connectivity index (χ0) is 16.4. The van der Waals surface area contributed by atoms with Crippen molar-refractivity contribution in [3.05, 3.63) is 41.7 Å². The van der Waals surface area contributed by atoms with Crippen molar-refractivity contribution >= 4 is 0 Å². The molecule has 0 saturated carbocycles. The summed E-state index contributed by atoms with van der Waals surface area (Å²) in [7, 11) is 0. The highest BCUT2D eigenvalue weighted by Crippen LogP contribution is 2.27. The van der Waals surface area contributed by atoms with Gasteiger partial charge >= 0.3 is 0 Å². The van der Waals surface area contributed by atoms with Gasteiger partial charge in [0.1, 0.15) is 5.69 Å². The van der Waals surface area contributed by atoms with Crippen molar-refractivity contribution in [1.82, 2.24) is 10.1 Å². The highest BCUT2D eigenvalue weighted by atomic mass is 16.7. The minimum atomic E-state index is -0.0928. The molecule has 0 radical (unpaired) electrons. The van der Waals surface area contributed by atoms with Crippen molar-refractivity contribution in [1.29, 1.82) is 0 Å². The predicted octanol–water partition coefficient (Wildman–Crippen LogP) is 3.38. The van der Waals surface area contributed by atoms with Crippen LogP contribution < -0.4 is 0 Å². The zero-order valence-electron chi connectivity index (χ0n) is 14.1. The summed E-state index contributed by atoms with van der Waals surface area (Å²) in [5.41, 5.74) is 3.23. The average molecular weight is 328 g/mol. The fraction of sp³-hybridized carbons (Fsp3) is 0.526. The normalized spacial score (nSPS) is 23.0. The molecule has 1 unspecified atom stereocenters. The molecule has 0 aliphatic carbocycles. The maximum Gasteiger partial charge on any atom is 0.173 e. The minimum absolute atomic E-state index is 0.0928. The van der Waals surface area contributed by atoms with Gasteiger partial charge in [-0.3, -0.25) is 4.90 Å². The lowest BCUT2D eigenvalue weighted by atomic mass is 10.0. The van der Waals surface area contributed by atoms with E-state index in [1.54, 1.807) is 0 Å². The van der Waals surface area contributed by atoms with Gasteiger partial charge in [0, 0.05) is 11.6 Å². The Labute approximate surface area is 142 Å². The highest BCUT2D eigenvalue weighted by molar-refractivity contribution is 5.59. The van der Waals surface area contributed by atoms with Crippen LogP contribution in [0.15, 0.2) is 34.9 Å². The molecule has 128 valence electrons. The fourth-order valence-electron chi connectivity index (χ4n) is 3.57. The average Bonchev–Trinajstić information content (AvgIpc) is 3.28. The van der Waals surface area contributed by atoms with Gasteiger partial charge in [-0.2, -0.15) is 0 Å². The van der Waals surface area contributed by atoms with E-state index in [1.807, 2.05) is 6.07 Å². The van der Waals surface area contributed by atoms with Crippen LogP contribution in [-0.2, 0) is 16.0 Å². The SMILES string of the molecule is Cc1ccc(-c2cc(CN3CCCCC3C3OCCO3)on2)cc1. The quantitative estimate of drug-likeness (QED) is 0.861. The Balaban J connectivity index is 1.46. The maximum absolute atomic E-state index is 5.74. The Morgan fingerprint density at radius 2 is 1.92 bits per heavy atom. The second-order valence-electron chi connectivity index (χ2n) is 6.69. The molecule has 1 aromatic carbocycles. The van der Waals surface area contributed by atoms with Gasteiger partial charge < -0.3 is 14.0 Å². The summed E-state index contributed by atoms with van der Waals surface area (Å²) in [4.78, 5) is 2.42. The van der Waals surface area contributed by atoms with Crippen LogP contribution in [-0.4, -0.2) is 42.1 Å². The van der Waals surface area contributed by atoms with Gasteiger partial charge in [-0.25, -0.2) is 0 Å². The molecule has 2 saturated heterocycles. The maximum atomic E-state index is 5.74.